The molecule has 0 N–H and O–H groups in total. The molecule has 0 spiro atoms. The van der Waals surface area contributed by atoms with Gasteiger partial charge in [0.2, 0.25) is 0 Å². The van der Waals surface area contributed by atoms with Crippen LogP contribution in [0.5, 0.6) is 5.75 Å². The van der Waals surface area contributed by atoms with E-state index in [2.05, 4.69) is 18.4 Å². The SMILES string of the molecule is CC.COc1ccc(CSC)cc1. The molecule has 13 heavy (non-hydrogen) atoms. The Morgan fingerprint density at radius 2 is 1.69 bits per heavy atom. The number of rotatable bonds is 3. The molecule has 1 aromatic rings. The predicted molar refractivity (Wildman–Crippen MR) is 61.6 cm³/mol. The Morgan fingerprint density at radius 1 is 1.15 bits per heavy atom. The maximum atomic E-state index is 5.04. The summed E-state index contributed by atoms with van der Waals surface area (Å²) in [5.74, 6) is 2.00. The first-order valence-corrected chi connectivity index (χ1v) is 5.88. The van der Waals surface area contributed by atoms with Crippen molar-refractivity contribution in [3.05, 3.63) is 29.8 Å². The van der Waals surface area contributed by atoms with Crippen LogP contribution in [0.4, 0.5) is 0 Å². The summed E-state index contributed by atoms with van der Waals surface area (Å²) in [7, 11) is 1.68. The summed E-state index contributed by atoms with van der Waals surface area (Å²) >= 11 is 1.83. The summed E-state index contributed by atoms with van der Waals surface area (Å²) in [6.45, 7) is 4.00. The van der Waals surface area contributed by atoms with E-state index in [1.165, 1.54) is 5.56 Å². The Kier molecular flexibility index (Phi) is 7.60. The highest BCUT2D eigenvalue weighted by atomic mass is 32.2. The Morgan fingerprint density at radius 3 is 2.08 bits per heavy atom. The van der Waals surface area contributed by atoms with E-state index in [0.29, 0.717) is 0 Å². The second kappa shape index (κ2) is 7.99. The van der Waals surface area contributed by atoms with Gasteiger partial charge in [0.25, 0.3) is 0 Å². The zero-order valence-corrected chi connectivity index (χ0v) is 9.65. The van der Waals surface area contributed by atoms with E-state index in [1.807, 2.05) is 37.7 Å². The molecule has 0 fully saturated rings. The van der Waals surface area contributed by atoms with Crippen molar-refractivity contribution in [1.82, 2.24) is 0 Å². The van der Waals surface area contributed by atoms with E-state index < -0.39 is 0 Å². The predicted octanol–water partition coefficient (Wildman–Crippen LogP) is 3.58. The highest BCUT2D eigenvalue weighted by Gasteiger charge is 1.91. The monoisotopic (exact) mass is 198 g/mol. The quantitative estimate of drug-likeness (QED) is 0.734. The smallest absolute Gasteiger partial charge is 0.118 e. The molecule has 0 aliphatic heterocycles. The molecule has 0 unspecified atom stereocenters. The van der Waals surface area contributed by atoms with E-state index in [4.69, 9.17) is 4.74 Å². The lowest BCUT2D eigenvalue weighted by molar-refractivity contribution is 0.414. The third-order valence-corrected chi connectivity index (χ3v) is 2.09. The number of hydrogen-bond acceptors (Lipinski definition) is 2. The van der Waals surface area contributed by atoms with Crippen LogP contribution in [0, 0.1) is 0 Å². The van der Waals surface area contributed by atoms with E-state index in [9.17, 15) is 0 Å². The van der Waals surface area contributed by atoms with Gasteiger partial charge in [0.15, 0.2) is 0 Å². The third kappa shape index (κ3) is 4.83. The van der Waals surface area contributed by atoms with Crippen LogP contribution in [0.3, 0.4) is 0 Å². The summed E-state index contributed by atoms with van der Waals surface area (Å²) < 4.78 is 5.04. The first-order chi connectivity index (χ1) is 6.36. The highest BCUT2D eigenvalue weighted by Crippen LogP contribution is 2.14. The van der Waals surface area contributed by atoms with E-state index in [1.54, 1.807) is 7.11 Å². The zero-order chi connectivity index (χ0) is 10.1. The minimum absolute atomic E-state index is 0.926. The van der Waals surface area contributed by atoms with Crippen LogP contribution in [-0.4, -0.2) is 13.4 Å². The lowest BCUT2D eigenvalue weighted by atomic mass is 10.2. The fourth-order valence-corrected chi connectivity index (χ4v) is 1.41. The normalized spacial score (nSPS) is 8.62. The van der Waals surface area contributed by atoms with Crippen LogP contribution in [0.2, 0.25) is 0 Å². The van der Waals surface area contributed by atoms with Gasteiger partial charge in [-0.05, 0) is 24.0 Å². The van der Waals surface area contributed by atoms with Crippen LogP contribution in [0.15, 0.2) is 24.3 Å². The van der Waals surface area contributed by atoms with Crippen molar-refractivity contribution in [1.29, 1.82) is 0 Å². The first-order valence-electron chi connectivity index (χ1n) is 4.48. The average Bonchev–Trinajstić information content (AvgIpc) is 2.23. The van der Waals surface area contributed by atoms with E-state index in [-0.39, 0.29) is 0 Å². The van der Waals surface area contributed by atoms with Gasteiger partial charge in [-0.2, -0.15) is 11.8 Å². The fourth-order valence-electron chi connectivity index (χ4n) is 0.888. The van der Waals surface area contributed by atoms with Crippen LogP contribution < -0.4 is 4.74 Å². The van der Waals surface area contributed by atoms with Gasteiger partial charge in [0.1, 0.15) is 5.75 Å². The van der Waals surface area contributed by atoms with Crippen LogP contribution in [-0.2, 0) is 5.75 Å². The minimum Gasteiger partial charge on any atom is -0.497 e. The molecule has 0 aromatic heterocycles. The minimum atomic E-state index is 0.926. The van der Waals surface area contributed by atoms with Crippen molar-refractivity contribution in [2.45, 2.75) is 19.6 Å². The molecule has 0 atom stereocenters. The van der Waals surface area contributed by atoms with Crippen molar-refractivity contribution in [2.75, 3.05) is 13.4 Å². The molecule has 0 bridgehead atoms. The molecule has 2 heteroatoms. The van der Waals surface area contributed by atoms with Crippen molar-refractivity contribution in [3.8, 4) is 5.75 Å². The van der Waals surface area contributed by atoms with Gasteiger partial charge in [-0.25, -0.2) is 0 Å². The highest BCUT2D eigenvalue weighted by molar-refractivity contribution is 7.97. The van der Waals surface area contributed by atoms with Gasteiger partial charge in [0, 0.05) is 5.75 Å². The Balaban J connectivity index is 0.000000671. The summed E-state index contributed by atoms with van der Waals surface area (Å²) in [6.07, 6.45) is 2.10. The standard InChI is InChI=1S/C9H12OS.C2H6/c1-10-9-5-3-8(4-6-9)7-11-2;1-2/h3-6H,7H2,1-2H3;1-2H3. The van der Waals surface area contributed by atoms with Gasteiger partial charge in [-0.3, -0.25) is 0 Å². The molecule has 0 amide bonds. The molecular formula is C11H18OS. The number of ether oxygens (including phenoxy) is 1. The largest absolute Gasteiger partial charge is 0.497 e. The topological polar surface area (TPSA) is 9.23 Å². The first kappa shape index (κ1) is 12.4. The second-order valence-corrected chi connectivity index (χ2v) is 3.15. The maximum Gasteiger partial charge on any atom is 0.118 e. The van der Waals surface area contributed by atoms with Crippen molar-refractivity contribution in [2.24, 2.45) is 0 Å². The molecule has 74 valence electrons. The molecule has 0 heterocycles. The number of thioether (sulfide) groups is 1. The number of methoxy groups -OCH3 is 1. The third-order valence-electron chi connectivity index (χ3n) is 1.47. The summed E-state index contributed by atoms with van der Waals surface area (Å²) in [4.78, 5) is 0. The fraction of sp³-hybridized carbons (Fsp3) is 0.455. The van der Waals surface area contributed by atoms with E-state index >= 15 is 0 Å². The maximum absolute atomic E-state index is 5.04. The Bertz CT molecular complexity index is 206. The molecule has 0 radical (unpaired) electrons. The summed E-state index contributed by atoms with van der Waals surface area (Å²) in [5, 5.41) is 0. The van der Waals surface area contributed by atoms with Crippen LogP contribution in [0.25, 0.3) is 0 Å². The van der Waals surface area contributed by atoms with Crippen LogP contribution >= 0.6 is 11.8 Å². The van der Waals surface area contributed by atoms with Crippen molar-refractivity contribution >= 4 is 11.8 Å². The second-order valence-electron chi connectivity index (χ2n) is 2.28. The number of hydrogen-bond donors (Lipinski definition) is 0. The molecule has 1 nitrogen and oxygen atoms in total. The lowest BCUT2D eigenvalue weighted by Gasteiger charge is -2.00. The Labute approximate surface area is 85.5 Å². The summed E-state index contributed by atoms with van der Waals surface area (Å²) in [5.41, 5.74) is 1.35. The van der Waals surface area contributed by atoms with Gasteiger partial charge in [0.05, 0.1) is 7.11 Å². The summed E-state index contributed by atoms with van der Waals surface area (Å²) in [6, 6.07) is 8.17. The van der Waals surface area contributed by atoms with Crippen molar-refractivity contribution < 1.29 is 4.74 Å². The van der Waals surface area contributed by atoms with Gasteiger partial charge in [-0.15, -0.1) is 0 Å². The van der Waals surface area contributed by atoms with Gasteiger partial charge >= 0.3 is 0 Å². The van der Waals surface area contributed by atoms with Gasteiger partial charge in [-0.1, -0.05) is 26.0 Å². The lowest BCUT2D eigenvalue weighted by Crippen LogP contribution is -1.83. The molecule has 1 rings (SSSR count). The number of benzene rings is 1. The molecule has 0 aliphatic carbocycles. The molecule has 1 aromatic carbocycles. The Hall–Kier alpha value is -0.630. The molecule has 0 aliphatic rings. The zero-order valence-electron chi connectivity index (χ0n) is 8.83. The van der Waals surface area contributed by atoms with Crippen LogP contribution in [0.1, 0.15) is 19.4 Å². The molecule has 0 saturated heterocycles. The molecular weight excluding hydrogens is 180 g/mol. The van der Waals surface area contributed by atoms with Gasteiger partial charge < -0.3 is 4.74 Å². The van der Waals surface area contributed by atoms with Crippen molar-refractivity contribution in [3.63, 3.8) is 0 Å². The average molecular weight is 198 g/mol. The van der Waals surface area contributed by atoms with E-state index in [0.717, 1.165) is 11.5 Å². The molecule has 0 saturated carbocycles.